The van der Waals surface area contributed by atoms with E-state index in [0.717, 1.165) is 14.7 Å². The first kappa shape index (κ1) is 21.8. The average molecular weight is 522 g/mol. The molecule has 6 nitrogen and oxygen atoms in total. The van der Waals surface area contributed by atoms with Gasteiger partial charge in [-0.15, -0.1) is 0 Å². The number of ether oxygens (including phenoxy) is 2. The van der Waals surface area contributed by atoms with Gasteiger partial charge in [0.15, 0.2) is 11.5 Å². The maximum atomic E-state index is 13.1. The van der Waals surface area contributed by atoms with E-state index >= 15 is 0 Å². The molecule has 0 heterocycles. The molecule has 0 aliphatic rings. The molecule has 0 aliphatic carbocycles. The number of benzene rings is 3. The van der Waals surface area contributed by atoms with E-state index in [-0.39, 0.29) is 11.5 Å². The summed E-state index contributed by atoms with van der Waals surface area (Å²) in [7, 11) is 0. The van der Waals surface area contributed by atoms with Crippen molar-refractivity contribution in [2.75, 3.05) is 11.9 Å². The van der Waals surface area contributed by atoms with Gasteiger partial charge in [-0.05, 0) is 71.0 Å². The van der Waals surface area contributed by atoms with Gasteiger partial charge in [0.2, 0.25) is 0 Å². The van der Waals surface area contributed by atoms with Crippen LogP contribution in [-0.2, 0) is 13.2 Å². The largest absolute Gasteiger partial charge is 0.490 e. The fraction of sp³-hybridized carbons (Fsp3) is 0.182. The summed E-state index contributed by atoms with van der Waals surface area (Å²) in [6.45, 7) is 3.13. The van der Waals surface area contributed by atoms with Crippen molar-refractivity contribution in [3.8, 4) is 11.5 Å². The van der Waals surface area contributed by atoms with Gasteiger partial charge in [0.25, 0.3) is 5.69 Å². The lowest BCUT2D eigenvalue weighted by atomic mass is 10.2. The smallest absolute Gasteiger partial charge is 0.271 e. The van der Waals surface area contributed by atoms with Gasteiger partial charge in [0.05, 0.1) is 15.1 Å². The van der Waals surface area contributed by atoms with Crippen molar-refractivity contribution < 1.29 is 18.8 Å². The van der Waals surface area contributed by atoms with Crippen molar-refractivity contribution in [2.45, 2.75) is 20.1 Å². The van der Waals surface area contributed by atoms with Crippen LogP contribution in [0.15, 0.2) is 60.7 Å². The fourth-order valence-corrected chi connectivity index (χ4v) is 3.62. The Labute approximate surface area is 187 Å². The number of hydrogen-bond acceptors (Lipinski definition) is 5. The van der Waals surface area contributed by atoms with E-state index in [1.54, 1.807) is 24.3 Å². The molecule has 0 bridgehead atoms. The maximum absolute atomic E-state index is 13.1. The summed E-state index contributed by atoms with van der Waals surface area (Å²) in [5.41, 5.74) is 2.50. The molecule has 3 rings (SSSR count). The van der Waals surface area contributed by atoms with E-state index in [2.05, 4.69) is 27.9 Å². The van der Waals surface area contributed by atoms with Gasteiger partial charge in [-0.1, -0.05) is 18.2 Å². The molecule has 0 aliphatic heterocycles. The Morgan fingerprint density at radius 2 is 1.83 bits per heavy atom. The number of anilines is 1. The van der Waals surface area contributed by atoms with Crippen molar-refractivity contribution >= 4 is 34.0 Å². The number of non-ortho nitro benzene ring substituents is 1. The highest BCUT2D eigenvalue weighted by molar-refractivity contribution is 14.1. The molecule has 3 aromatic carbocycles. The zero-order chi connectivity index (χ0) is 21.5. The lowest BCUT2D eigenvalue weighted by Crippen LogP contribution is -2.05. The molecule has 0 saturated heterocycles. The van der Waals surface area contributed by atoms with E-state index in [4.69, 9.17) is 9.47 Å². The van der Waals surface area contributed by atoms with Crippen LogP contribution in [0.1, 0.15) is 18.1 Å². The topological polar surface area (TPSA) is 73.6 Å². The number of nitro benzene ring substituents is 1. The lowest BCUT2D eigenvalue weighted by Gasteiger charge is -2.16. The maximum Gasteiger partial charge on any atom is 0.271 e. The first-order valence-corrected chi connectivity index (χ1v) is 10.3. The van der Waals surface area contributed by atoms with Crippen LogP contribution in [0, 0.1) is 19.5 Å². The van der Waals surface area contributed by atoms with Crippen LogP contribution in [0.2, 0.25) is 0 Å². The highest BCUT2D eigenvalue weighted by Gasteiger charge is 2.13. The van der Waals surface area contributed by atoms with Gasteiger partial charge in [-0.25, -0.2) is 4.39 Å². The highest BCUT2D eigenvalue weighted by atomic mass is 127. The monoisotopic (exact) mass is 522 g/mol. The predicted octanol–water partition coefficient (Wildman–Crippen LogP) is 5.93. The number of hydrogen-bond donors (Lipinski definition) is 1. The lowest BCUT2D eigenvalue weighted by molar-refractivity contribution is -0.384. The van der Waals surface area contributed by atoms with Crippen LogP contribution >= 0.6 is 22.6 Å². The van der Waals surface area contributed by atoms with Crippen molar-refractivity contribution in [1.82, 2.24) is 0 Å². The summed E-state index contributed by atoms with van der Waals surface area (Å²) in [5, 5.41) is 14.1. The first-order chi connectivity index (χ1) is 14.5. The number of rotatable bonds is 9. The fourth-order valence-electron chi connectivity index (χ4n) is 2.80. The molecule has 156 valence electrons. The van der Waals surface area contributed by atoms with Crippen LogP contribution in [0.3, 0.4) is 0 Å². The Morgan fingerprint density at radius 3 is 2.53 bits per heavy atom. The average Bonchev–Trinajstić information content (AvgIpc) is 2.73. The van der Waals surface area contributed by atoms with Crippen molar-refractivity contribution in [3.63, 3.8) is 0 Å². The van der Waals surface area contributed by atoms with Gasteiger partial charge in [0.1, 0.15) is 12.4 Å². The third-order valence-electron chi connectivity index (χ3n) is 4.22. The Kier molecular flexibility index (Phi) is 7.45. The molecule has 0 atom stereocenters. The summed E-state index contributed by atoms with van der Waals surface area (Å²) in [5.74, 6) is 0.951. The van der Waals surface area contributed by atoms with E-state index in [1.807, 2.05) is 19.1 Å². The highest BCUT2D eigenvalue weighted by Crippen LogP contribution is 2.35. The zero-order valence-corrected chi connectivity index (χ0v) is 18.4. The van der Waals surface area contributed by atoms with Crippen molar-refractivity contribution in [1.29, 1.82) is 0 Å². The Morgan fingerprint density at radius 1 is 1.07 bits per heavy atom. The third-order valence-corrected chi connectivity index (χ3v) is 5.02. The number of nitro groups is 1. The summed E-state index contributed by atoms with van der Waals surface area (Å²) < 4.78 is 25.7. The molecule has 3 aromatic rings. The molecular formula is C22H20FIN2O4. The minimum absolute atomic E-state index is 0.0362. The second-order valence-corrected chi connectivity index (χ2v) is 7.58. The van der Waals surface area contributed by atoms with E-state index in [9.17, 15) is 14.5 Å². The second-order valence-electron chi connectivity index (χ2n) is 6.41. The summed E-state index contributed by atoms with van der Waals surface area (Å²) in [6.07, 6.45) is 0. The standard InChI is InChI=1S/C22H20FIN2O4/c1-2-29-21-11-16(13-25-18-4-3-5-19(12-18)26(27)28)10-20(24)22(21)30-14-15-6-8-17(23)9-7-15/h3-12,25H,2,13-14H2,1H3. The molecule has 0 amide bonds. The third kappa shape index (κ3) is 5.82. The normalized spacial score (nSPS) is 10.5. The summed E-state index contributed by atoms with van der Waals surface area (Å²) in [6, 6.07) is 16.4. The van der Waals surface area contributed by atoms with E-state index < -0.39 is 4.92 Å². The van der Waals surface area contributed by atoms with E-state index in [0.29, 0.717) is 36.9 Å². The SMILES string of the molecule is CCOc1cc(CNc2cccc([N+](=O)[O-])c2)cc(I)c1OCc1ccc(F)cc1. The van der Waals surface area contributed by atoms with Gasteiger partial charge in [0, 0.05) is 24.4 Å². The molecule has 0 saturated carbocycles. The van der Waals surface area contributed by atoms with Gasteiger partial charge in [-0.3, -0.25) is 10.1 Å². The quantitative estimate of drug-likeness (QED) is 0.214. The van der Waals surface area contributed by atoms with Crippen molar-refractivity contribution in [3.05, 3.63) is 91.3 Å². The minimum Gasteiger partial charge on any atom is -0.490 e. The molecule has 0 unspecified atom stereocenters. The predicted molar refractivity (Wildman–Crippen MR) is 121 cm³/mol. The zero-order valence-electron chi connectivity index (χ0n) is 16.2. The minimum atomic E-state index is -0.422. The molecule has 1 N–H and O–H groups in total. The van der Waals surface area contributed by atoms with Crippen LogP contribution in [0.4, 0.5) is 15.8 Å². The molecule has 0 spiro atoms. The first-order valence-electron chi connectivity index (χ1n) is 9.27. The number of nitrogens with zero attached hydrogens (tertiary/aromatic N) is 1. The van der Waals surface area contributed by atoms with Gasteiger partial charge < -0.3 is 14.8 Å². The molecule has 8 heteroatoms. The van der Waals surface area contributed by atoms with Gasteiger partial charge >= 0.3 is 0 Å². The molecule has 0 radical (unpaired) electrons. The summed E-state index contributed by atoms with van der Waals surface area (Å²) >= 11 is 2.19. The van der Waals surface area contributed by atoms with Crippen LogP contribution in [-0.4, -0.2) is 11.5 Å². The molecule has 0 fully saturated rings. The second kappa shape index (κ2) is 10.2. The Hall–Kier alpha value is -2.88. The van der Waals surface area contributed by atoms with Crippen molar-refractivity contribution in [2.24, 2.45) is 0 Å². The summed E-state index contributed by atoms with van der Waals surface area (Å²) in [4.78, 5) is 10.5. The molecular weight excluding hydrogens is 502 g/mol. The van der Waals surface area contributed by atoms with Crippen LogP contribution in [0.25, 0.3) is 0 Å². The Bertz CT molecular complexity index is 1030. The molecule has 0 aromatic heterocycles. The van der Waals surface area contributed by atoms with Gasteiger partial charge in [-0.2, -0.15) is 0 Å². The number of nitrogens with one attached hydrogen (secondary N) is 1. The Balaban J connectivity index is 1.74. The van der Waals surface area contributed by atoms with E-state index in [1.165, 1.54) is 24.3 Å². The van der Waals surface area contributed by atoms with Crippen LogP contribution < -0.4 is 14.8 Å². The number of halogens is 2. The molecule has 30 heavy (non-hydrogen) atoms. The van der Waals surface area contributed by atoms with Crippen LogP contribution in [0.5, 0.6) is 11.5 Å².